The van der Waals surface area contributed by atoms with E-state index in [-0.39, 0.29) is 30.2 Å². The van der Waals surface area contributed by atoms with Crippen molar-refractivity contribution in [2.75, 3.05) is 18.0 Å². The molecule has 1 heterocycles. The zero-order valence-corrected chi connectivity index (χ0v) is 13.5. The molecule has 1 fully saturated rings. The van der Waals surface area contributed by atoms with Crippen LogP contribution in [-0.4, -0.2) is 31.2 Å². The number of anilines is 1. The highest BCUT2D eigenvalue weighted by molar-refractivity contribution is 5.90. The first-order valence-corrected chi connectivity index (χ1v) is 7.72. The van der Waals surface area contributed by atoms with Gasteiger partial charge >= 0.3 is 6.09 Å². The Kier molecular flexibility index (Phi) is 4.65. The minimum Gasteiger partial charge on any atom is -0.442 e. The van der Waals surface area contributed by atoms with Crippen molar-refractivity contribution in [3.05, 3.63) is 54.1 Å². The molecule has 1 saturated heterocycles. The lowest BCUT2D eigenvalue weighted by Crippen LogP contribution is -2.33. The van der Waals surface area contributed by atoms with E-state index in [1.54, 1.807) is 30.3 Å². The zero-order valence-electron chi connectivity index (χ0n) is 13.5. The normalized spacial score (nSPS) is 16.7. The molecule has 130 valence electrons. The molecule has 0 saturated carbocycles. The van der Waals surface area contributed by atoms with E-state index < -0.39 is 23.8 Å². The molecule has 0 bridgehead atoms. The molecule has 2 aromatic rings. The standard InChI is InChI=1S/C18H16F2N2O3/c1-11(23)21-9-14-10-22(18(24)25-14)13-7-15(19)17(16(20)8-13)12-5-3-2-4-6-12/h2-8,14H,9-10H2,1H3,(H,21,23). The molecule has 3 rings (SSSR count). The number of carbonyl (C=O) groups is 2. The van der Waals surface area contributed by atoms with Gasteiger partial charge in [-0.15, -0.1) is 0 Å². The van der Waals surface area contributed by atoms with Gasteiger partial charge in [-0.3, -0.25) is 9.69 Å². The zero-order chi connectivity index (χ0) is 18.0. The predicted molar refractivity (Wildman–Crippen MR) is 88.1 cm³/mol. The molecule has 0 aliphatic carbocycles. The quantitative estimate of drug-likeness (QED) is 0.925. The second kappa shape index (κ2) is 6.88. The van der Waals surface area contributed by atoms with E-state index in [4.69, 9.17) is 4.74 Å². The van der Waals surface area contributed by atoms with Crippen molar-refractivity contribution < 1.29 is 23.1 Å². The number of cyclic esters (lactones) is 1. The van der Waals surface area contributed by atoms with Gasteiger partial charge in [0.05, 0.1) is 24.3 Å². The number of ether oxygens (including phenoxy) is 1. The number of nitrogens with zero attached hydrogens (tertiary/aromatic N) is 1. The summed E-state index contributed by atoms with van der Waals surface area (Å²) >= 11 is 0. The fourth-order valence-electron chi connectivity index (χ4n) is 2.69. The van der Waals surface area contributed by atoms with Crippen molar-refractivity contribution in [3.63, 3.8) is 0 Å². The largest absolute Gasteiger partial charge is 0.442 e. The van der Waals surface area contributed by atoms with Gasteiger partial charge in [-0.25, -0.2) is 13.6 Å². The maximum atomic E-state index is 14.5. The minimum absolute atomic E-state index is 0.0741. The average Bonchev–Trinajstić information content (AvgIpc) is 2.94. The number of rotatable bonds is 4. The summed E-state index contributed by atoms with van der Waals surface area (Å²) in [6, 6.07) is 10.5. The van der Waals surface area contributed by atoms with Crippen molar-refractivity contribution in [2.24, 2.45) is 0 Å². The maximum Gasteiger partial charge on any atom is 0.414 e. The van der Waals surface area contributed by atoms with Crippen LogP contribution in [0.5, 0.6) is 0 Å². The summed E-state index contributed by atoms with van der Waals surface area (Å²) in [5.41, 5.74) is 0.341. The minimum atomic E-state index is -0.765. The molecular weight excluding hydrogens is 330 g/mol. The van der Waals surface area contributed by atoms with Gasteiger partial charge < -0.3 is 10.1 Å². The van der Waals surface area contributed by atoms with Crippen LogP contribution >= 0.6 is 0 Å². The third-order valence-electron chi connectivity index (χ3n) is 3.85. The van der Waals surface area contributed by atoms with Crippen LogP contribution in [0.2, 0.25) is 0 Å². The van der Waals surface area contributed by atoms with Crippen molar-refractivity contribution >= 4 is 17.7 Å². The number of carbonyl (C=O) groups excluding carboxylic acids is 2. The van der Waals surface area contributed by atoms with Crippen LogP contribution in [0.3, 0.4) is 0 Å². The van der Waals surface area contributed by atoms with Gasteiger partial charge in [0.15, 0.2) is 0 Å². The Morgan fingerprint density at radius 1 is 1.24 bits per heavy atom. The lowest BCUT2D eigenvalue weighted by atomic mass is 10.0. The SMILES string of the molecule is CC(=O)NCC1CN(c2cc(F)c(-c3ccccc3)c(F)c2)C(=O)O1. The van der Waals surface area contributed by atoms with Gasteiger partial charge in [-0.1, -0.05) is 30.3 Å². The van der Waals surface area contributed by atoms with Crippen LogP contribution in [0.4, 0.5) is 19.3 Å². The molecule has 2 amide bonds. The molecule has 1 atom stereocenters. The molecule has 1 aliphatic rings. The van der Waals surface area contributed by atoms with Gasteiger partial charge in [0.1, 0.15) is 17.7 Å². The summed E-state index contributed by atoms with van der Waals surface area (Å²) in [6.07, 6.45) is -1.28. The number of benzene rings is 2. The second-order valence-corrected chi connectivity index (χ2v) is 5.70. The molecule has 5 nitrogen and oxygen atoms in total. The number of halogens is 2. The van der Waals surface area contributed by atoms with Crippen molar-refractivity contribution in [3.8, 4) is 11.1 Å². The Morgan fingerprint density at radius 2 is 1.88 bits per heavy atom. The van der Waals surface area contributed by atoms with Crippen LogP contribution in [0.15, 0.2) is 42.5 Å². The number of hydrogen-bond acceptors (Lipinski definition) is 3. The Bertz CT molecular complexity index is 788. The topological polar surface area (TPSA) is 58.6 Å². The van der Waals surface area contributed by atoms with Gasteiger partial charge in [0, 0.05) is 6.92 Å². The Balaban J connectivity index is 1.84. The first kappa shape index (κ1) is 16.9. The highest BCUT2D eigenvalue weighted by Crippen LogP contribution is 2.31. The summed E-state index contributed by atoms with van der Waals surface area (Å²) in [5, 5.41) is 2.54. The Labute approximate surface area is 143 Å². The van der Waals surface area contributed by atoms with E-state index >= 15 is 0 Å². The average molecular weight is 346 g/mol. The van der Waals surface area contributed by atoms with E-state index in [0.717, 1.165) is 17.0 Å². The molecular formula is C18H16F2N2O3. The molecule has 1 N–H and O–H groups in total. The van der Waals surface area contributed by atoms with Crippen molar-refractivity contribution in [1.29, 1.82) is 0 Å². The highest BCUT2D eigenvalue weighted by Gasteiger charge is 2.33. The number of nitrogens with one attached hydrogen (secondary N) is 1. The smallest absolute Gasteiger partial charge is 0.414 e. The summed E-state index contributed by atoms with van der Waals surface area (Å²) < 4.78 is 34.0. The summed E-state index contributed by atoms with van der Waals surface area (Å²) in [6.45, 7) is 1.59. The van der Waals surface area contributed by atoms with Crippen LogP contribution in [0, 0.1) is 11.6 Å². The summed E-state index contributed by atoms with van der Waals surface area (Å²) in [7, 11) is 0. The molecule has 0 aromatic heterocycles. The fourth-order valence-corrected chi connectivity index (χ4v) is 2.69. The monoisotopic (exact) mass is 346 g/mol. The molecule has 1 unspecified atom stereocenters. The van der Waals surface area contributed by atoms with Crippen LogP contribution < -0.4 is 10.2 Å². The molecule has 0 spiro atoms. The Morgan fingerprint density at radius 3 is 2.48 bits per heavy atom. The molecule has 2 aromatic carbocycles. The number of amides is 2. The van der Waals surface area contributed by atoms with E-state index in [1.165, 1.54) is 6.92 Å². The summed E-state index contributed by atoms with van der Waals surface area (Å²) in [5.74, 6) is -1.78. The van der Waals surface area contributed by atoms with Crippen molar-refractivity contribution in [1.82, 2.24) is 5.32 Å². The van der Waals surface area contributed by atoms with Gasteiger partial charge in [-0.05, 0) is 17.7 Å². The van der Waals surface area contributed by atoms with Crippen LogP contribution in [-0.2, 0) is 9.53 Å². The highest BCUT2D eigenvalue weighted by atomic mass is 19.1. The maximum absolute atomic E-state index is 14.5. The van der Waals surface area contributed by atoms with Gasteiger partial charge in [0.25, 0.3) is 0 Å². The Hall–Kier alpha value is -2.96. The third-order valence-corrected chi connectivity index (χ3v) is 3.85. The molecule has 7 heteroatoms. The lowest BCUT2D eigenvalue weighted by Gasteiger charge is -2.15. The molecule has 0 radical (unpaired) electrons. The fraction of sp³-hybridized carbons (Fsp3) is 0.222. The third kappa shape index (κ3) is 3.60. The van der Waals surface area contributed by atoms with E-state index in [0.29, 0.717) is 5.56 Å². The van der Waals surface area contributed by atoms with Crippen LogP contribution in [0.1, 0.15) is 6.92 Å². The second-order valence-electron chi connectivity index (χ2n) is 5.70. The van der Waals surface area contributed by atoms with E-state index in [1.807, 2.05) is 0 Å². The molecule has 25 heavy (non-hydrogen) atoms. The van der Waals surface area contributed by atoms with Crippen molar-refractivity contribution in [2.45, 2.75) is 13.0 Å². The number of hydrogen-bond donors (Lipinski definition) is 1. The first-order valence-electron chi connectivity index (χ1n) is 7.72. The molecule has 1 aliphatic heterocycles. The van der Waals surface area contributed by atoms with E-state index in [2.05, 4.69) is 5.32 Å². The predicted octanol–water partition coefficient (Wildman–Crippen LogP) is 3.09. The first-order chi connectivity index (χ1) is 12.0. The van der Waals surface area contributed by atoms with Gasteiger partial charge in [0.2, 0.25) is 5.91 Å². The van der Waals surface area contributed by atoms with Crippen LogP contribution in [0.25, 0.3) is 11.1 Å². The lowest BCUT2D eigenvalue weighted by molar-refractivity contribution is -0.119. The summed E-state index contributed by atoms with van der Waals surface area (Å²) in [4.78, 5) is 24.0. The van der Waals surface area contributed by atoms with E-state index in [9.17, 15) is 18.4 Å². The van der Waals surface area contributed by atoms with Gasteiger partial charge in [-0.2, -0.15) is 0 Å².